The molecule has 0 saturated carbocycles. The zero-order valence-corrected chi connectivity index (χ0v) is 15.6. The van der Waals surface area contributed by atoms with Crippen LogP contribution in [0.25, 0.3) is 6.08 Å². The molecular formula is C18H14N2O5S2. The van der Waals surface area contributed by atoms with Gasteiger partial charge in [-0.2, -0.15) is 5.01 Å². The Morgan fingerprint density at radius 3 is 2.70 bits per heavy atom. The minimum absolute atomic E-state index is 0.0960. The number of ether oxygens (including phenoxy) is 1. The van der Waals surface area contributed by atoms with Gasteiger partial charge in [-0.3, -0.25) is 15.0 Å². The number of aromatic hydroxyl groups is 2. The quantitative estimate of drug-likeness (QED) is 0.534. The van der Waals surface area contributed by atoms with Crippen LogP contribution in [0.1, 0.15) is 15.9 Å². The van der Waals surface area contributed by atoms with Crippen molar-refractivity contribution in [1.82, 2.24) is 10.4 Å². The topological polar surface area (TPSA) is 99.1 Å². The zero-order chi connectivity index (χ0) is 19.6. The lowest BCUT2D eigenvalue weighted by Gasteiger charge is -2.16. The minimum atomic E-state index is -0.544. The molecule has 0 spiro atoms. The molecule has 0 radical (unpaired) electrons. The summed E-state index contributed by atoms with van der Waals surface area (Å²) in [5.74, 6) is -0.984. The van der Waals surface area contributed by atoms with Gasteiger partial charge < -0.3 is 14.9 Å². The number of phenolic OH excluding ortho intramolecular Hbond substituents is 2. The summed E-state index contributed by atoms with van der Waals surface area (Å²) in [4.78, 5) is 25.3. The average Bonchev–Trinajstić information content (AvgIpc) is 2.91. The number of carbonyl (C=O) groups excluding carboxylic acids is 2. The van der Waals surface area contributed by atoms with Crippen LogP contribution >= 0.6 is 24.0 Å². The average molecular weight is 402 g/mol. The Morgan fingerprint density at radius 1 is 1.26 bits per heavy atom. The number of nitrogens with zero attached hydrogens (tertiary/aromatic N) is 1. The van der Waals surface area contributed by atoms with E-state index in [0.29, 0.717) is 11.3 Å². The van der Waals surface area contributed by atoms with Gasteiger partial charge in [-0.05, 0) is 42.6 Å². The predicted octanol–water partition coefficient (Wildman–Crippen LogP) is 2.65. The van der Waals surface area contributed by atoms with Crippen LogP contribution in [0.15, 0.2) is 47.4 Å². The summed E-state index contributed by atoms with van der Waals surface area (Å²) in [6.07, 6.45) is 1.43. The number of rotatable bonds is 4. The number of para-hydroxylation sites is 1. The van der Waals surface area contributed by atoms with E-state index in [0.717, 1.165) is 22.8 Å². The van der Waals surface area contributed by atoms with Crippen LogP contribution in [0.3, 0.4) is 0 Å². The fraction of sp³-hybridized carbons (Fsp3) is 0.0556. The largest absolute Gasteiger partial charge is 0.508 e. The summed E-state index contributed by atoms with van der Waals surface area (Å²) in [5.41, 5.74) is 3.06. The Labute approximate surface area is 164 Å². The standard InChI is InChI=1S/C18H14N2O5S2/c1-25-14-5-3-2-4-12(14)16(23)19-20-17(24)15(27-18(20)26)8-10-6-7-11(21)9-13(10)22/h2-9,21-22H,1H3,(H,19,23)/b15-8+. The molecular weight excluding hydrogens is 388 g/mol. The molecule has 1 aliphatic heterocycles. The first kappa shape index (κ1) is 18.7. The SMILES string of the molecule is COc1ccccc1C(=O)NN1C(=O)/C(=C\c2ccc(O)cc2O)SC1=S. The summed E-state index contributed by atoms with van der Waals surface area (Å²) >= 11 is 6.16. The normalized spacial score (nSPS) is 15.3. The molecule has 2 aromatic rings. The van der Waals surface area contributed by atoms with Crippen LogP contribution in [0.4, 0.5) is 0 Å². The van der Waals surface area contributed by atoms with Crippen molar-refractivity contribution in [3.8, 4) is 17.2 Å². The number of carbonyl (C=O) groups is 2. The van der Waals surface area contributed by atoms with E-state index in [9.17, 15) is 19.8 Å². The Bertz CT molecular complexity index is 974. The van der Waals surface area contributed by atoms with Gasteiger partial charge in [0.15, 0.2) is 4.32 Å². The third-order valence-corrected chi connectivity index (χ3v) is 4.96. The molecule has 3 rings (SSSR count). The fourth-order valence-electron chi connectivity index (χ4n) is 2.35. The zero-order valence-electron chi connectivity index (χ0n) is 14.0. The summed E-state index contributed by atoms with van der Waals surface area (Å²) in [6, 6.07) is 10.6. The maximum absolute atomic E-state index is 12.6. The first-order valence-electron chi connectivity index (χ1n) is 7.64. The van der Waals surface area contributed by atoms with Crippen molar-refractivity contribution in [3.63, 3.8) is 0 Å². The van der Waals surface area contributed by atoms with Crippen molar-refractivity contribution in [2.75, 3.05) is 7.11 Å². The van der Waals surface area contributed by atoms with Gasteiger partial charge in [0.2, 0.25) is 0 Å². The number of benzene rings is 2. The van der Waals surface area contributed by atoms with E-state index in [1.807, 2.05) is 0 Å². The Hall–Kier alpha value is -3.04. The first-order chi connectivity index (χ1) is 12.9. The number of phenols is 2. The molecule has 0 aromatic heterocycles. The number of nitrogens with one attached hydrogen (secondary N) is 1. The van der Waals surface area contributed by atoms with Gasteiger partial charge in [0.25, 0.3) is 11.8 Å². The molecule has 3 N–H and O–H groups in total. The summed E-state index contributed by atoms with van der Waals surface area (Å²) in [6.45, 7) is 0. The van der Waals surface area contributed by atoms with Crippen molar-refractivity contribution in [2.45, 2.75) is 0 Å². The Morgan fingerprint density at radius 2 is 2.00 bits per heavy atom. The van der Waals surface area contributed by atoms with Crippen molar-refractivity contribution in [2.24, 2.45) is 0 Å². The molecule has 0 atom stereocenters. The van der Waals surface area contributed by atoms with E-state index in [-0.39, 0.29) is 26.3 Å². The smallest absolute Gasteiger partial charge is 0.285 e. The molecule has 0 bridgehead atoms. The molecule has 1 fully saturated rings. The highest BCUT2D eigenvalue weighted by atomic mass is 32.2. The highest BCUT2D eigenvalue weighted by Crippen LogP contribution is 2.34. The van der Waals surface area contributed by atoms with Gasteiger partial charge in [-0.15, -0.1) is 0 Å². The molecule has 27 heavy (non-hydrogen) atoms. The van der Waals surface area contributed by atoms with Crippen molar-refractivity contribution < 1.29 is 24.5 Å². The molecule has 0 unspecified atom stereocenters. The van der Waals surface area contributed by atoms with Gasteiger partial charge in [-0.25, -0.2) is 0 Å². The van der Waals surface area contributed by atoms with Crippen LogP contribution < -0.4 is 10.2 Å². The van der Waals surface area contributed by atoms with Crippen molar-refractivity contribution in [3.05, 3.63) is 58.5 Å². The number of amides is 2. The van der Waals surface area contributed by atoms with Crippen molar-refractivity contribution in [1.29, 1.82) is 0 Å². The number of methoxy groups -OCH3 is 1. The van der Waals surface area contributed by atoms with Crippen LogP contribution in [0.2, 0.25) is 0 Å². The second-order valence-electron chi connectivity index (χ2n) is 5.40. The molecule has 1 aliphatic rings. The second kappa shape index (κ2) is 7.68. The molecule has 2 aromatic carbocycles. The molecule has 138 valence electrons. The highest BCUT2D eigenvalue weighted by Gasteiger charge is 2.34. The molecule has 9 heteroatoms. The van der Waals surface area contributed by atoms with Crippen LogP contribution in [0, 0.1) is 0 Å². The number of hydrogen-bond acceptors (Lipinski definition) is 7. The van der Waals surface area contributed by atoms with E-state index in [1.165, 1.54) is 25.3 Å². The third kappa shape index (κ3) is 3.88. The molecule has 1 saturated heterocycles. The lowest BCUT2D eigenvalue weighted by Crippen LogP contribution is -2.44. The number of thioether (sulfide) groups is 1. The van der Waals surface area contributed by atoms with Crippen molar-refractivity contribution >= 4 is 46.2 Å². The van der Waals surface area contributed by atoms with Gasteiger partial charge in [0.05, 0.1) is 17.6 Å². The Balaban J connectivity index is 1.82. The van der Waals surface area contributed by atoms with E-state index in [4.69, 9.17) is 17.0 Å². The van der Waals surface area contributed by atoms with E-state index >= 15 is 0 Å². The number of thiocarbonyl (C=S) groups is 1. The van der Waals surface area contributed by atoms with Crippen LogP contribution in [-0.4, -0.2) is 38.5 Å². The predicted molar refractivity (Wildman–Crippen MR) is 105 cm³/mol. The van der Waals surface area contributed by atoms with Gasteiger partial charge in [-0.1, -0.05) is 23.9 Å². The second-order valence-corrected chi connectivity index (χ2v) is 7.08. The van der Waals surface area contributed by atoms with E-state index in [1.54, 1.807) is 24.3 Å². The molecule has 1 heterocycles. The lowest BCUT2D eigenvalue weighted by molar-refractivity contribution is -0.123. The molecule has 2 amide bonds. The van der Waals surface area contributed by atoms with Crippen LogP contribution in [-0.2, 0) is 4.79 Å². The maximum atomic E-state index is 12.6. The van der Waals surface area contributed by atoms with Gasteiger partial charge >= 0.3 is 0 Å². The number of hydrazine groups is 1. The third-order valence-electron chi connectivity index (χ3n) is 3.66. The maximum Gasteiger partial charge on any atom is 0.285 e. The van der Waals surface area contributed by atoms with E-state index in [2.05, 4.69) is 5.43 Å². The summed E-state index contributed by atoms with van der Waals surface area (Å²) in [7, 11) is 1.44. The first-order valence-corrected chi connectivity index (χ1v) is 8.87. The molecule has 7 nitrogen and oxygen atoms in total. The van der Waals surface area contributed by atoms with E-state index < -0.39 is 11.8 Å². The van der Waals surface area contributed by atoms with Gasteiger partial charge in [0.1, 0.15) is 17.2 Å². The lowest BCUT2D eigenvalue weighted by atomic mass is 10.1. The minimum Gasteiger partial charge on any atom is -0.508 e. The van der Waals surface area contributed by atoms with Crippen LogP contribution in [0.5, 0.6) is 17.2 Å². The van der Waals surface area contributed by atoms with Gasteiger partial charge in [0, 0.05) is 11.6 Å². The highest BCUT2D eigenvalue weighted by molar-refractivity contribution is 8.26. The monoisotopic (exact) mass is 402 g/mol. The fourth-order valence-corrected chi connectivity index (χ4v) is 3.52. The summed E-state index contributed by atoms with van der Waals surface area (Å²) < 4.78 is 5.29. The Kier molecular flexibility index (Phi) is 5.33. The molecule has 0 aliphatic carbocycles. The number of hydrogen-bond donors (Lipinski definition) is 3. The summed E-state index contributed by atoms with van der Waals surface area (Å²) in [5, 5.41) is 20.2.